The third kappa shape index (κ3) is 5.92. The van der Waals surface area contributed by atoms with Crippen molar-refractivity contribution in [2.75, 3.05) is 5.32 Å². The van der Waals surface area contributed by atoms with Gasteiger partial charge in [-0.25, -0.2) is 4.99 Å². The molecule has 1 aliphatic carbocycles. The van der Waals surface area contributed by atoms with Gasteiger partial charge in [-0.1, -0.05) is 60.4 Å². The van der Waals surface area contributed by atoms with E-state index in [-0.39, 0.29) is 11.3 Å². The van der Waals surface area contributed by atoms with E-state index in [9.17, 15) is 4.79 Å². The number of hydrogen-bond acceptors (Lipinski definition) is 4. The minimum absolute atomic E-state index is 0.143. The molecule has 1 N–H and O–H groups in total. The normalized spacial score (nSPS) is 15.6. The number of benzene rings is 2. The molecule has 7 heteroatoms. The maximum absolute atomic E-state index is 13.5. The van der Waals surface area contributed by atoms with Crippen LogP contribution in [0.25, 0.3) is 11.3 Å². The van der Waals surface area contributed by atoms with Crippen LogP contribution in [-0.4, -0.2) is 12.1 Å². The van der Waals surface area contributed by atoms with E-state index < -0.39 is 0 Å². The molecule has 2 aromatic carbocycles. The van der Waals surface area contributed by atoms with Gasteiger partial charge in [0.25, 0.3) is 5.91 Å². The summed E-state index contributed by atoms with van der Waals surface area (Å²) in [7, 11) is 0. The Hall–Kier alpha value is -2.67. The largest absolute Gasteiger partial charge is 0.455 e. The topological polar surface area (TPSA) is 54.6 Å². The zero-order valence-electron chi connectivity index (χ0n) is 21.0. The van der Waals surface area contributed by atoms with Crippen molar-refractivity contribution in [2.45, 2.75) is 40.0 Å². The summed E-state index contributed by atoms with van der Waals surface area (Å²) >= 11 is 11.2. The van der Waals surface area contributed by atoms with Gasteiger partial charge in [-0.2, -0.15) is 0 Å². The number of carbonyl (C=O) groups is 1. The molecule has 0 spiro atoms. The minimum atomic E-state index is -0.143. The highest BCUT2D eigenvalue weighted by molar-refractivity contribution is 9.10. The van der Waals surface area contributed by atoms with Crippen LogP contribution in [0.4, 0.5) is 10.7 Å². The van der Waals surface area contributed by atoms with Crippen molar-refractivity contribution in [2.24, 2.45) is 16.3 Å². The highest BCUT2D eigenvalue weighted by Gasteiger charge is 2.33. The average Bonchev–Trinajstić information content (AvgIpc) is 3.47. The van der Waals surface area contributed by atoms with Gasteiger partial charge in [-0.3, -0.25) is 4.79 Å². The fourth-order valence-corrected chi connectivity index (χ4v) is 6.50. The van der Waals surface area contributed by atoms with E-state index in [0.717, 1.165) is 40.6 Å². The Balaban J connectivity index is 1.46. The molecule has 0 fully saturated rings. The summed E-state index contributed by atoms with van der Waals surface area (Å²) in [5.74, 6) is 1.83. The molecule has 4 aromatic rings. The van der Waals surface area contributed by atoms with Crippen molar-refractivity contribution in [3.8, 4) is 11.3 Å². The number of carbonyl (C=O) groups excluding carboxylic acids is 1. The zero-order valence-corrected chi connectivity index (χ0v) is 24.1. The van der Waals surface area contributed by atoms with Crippen LogP contribution in [0.2, 0.25) is 5.02 Å². The number of fused-ring (bicyclic) bond motifs is 1. The first-order valence-corrected chi connectivity index (χ1v) is 14.3. The number of furan rings is 1. The van der Waals surface area contributed by atoms with Crippen molar-refractivity contribution >= 4 is 61.7 Å². The van der Waals surface area contributed by atoms with Crippen LogP contribution in [0, 0.1) is 11.3 Å². The van der Waals surface area contributed by atoms with Crippen LogP contribution in [0.3, 0.4) is 0 Å². The molecule has 0 saturated heterocycles. The number of aliphatic imine (C=N–C) groups is 1. The van der Waals surface area contributed by atoms with Crippen LogP contribution in [0.1, 0.15) is 53.8 Å². The van der Waals surface area contributed by atoms with Crippen molar-refractivity contribution in [1.29, 1.82) is 0 Å². The lowest BCUT2D eigenvalue weighted by molar-refractivity contribution is 0.102. The van der Waals surface area contributed by atoms with Crippen molar-refractivity contribution in [3.05, 3.63) is 91.9 Å². The van der Waals surface area contributed by atoms with E-state index in [0.29, 0.717) is 33.0 Å². The molecule has 0 aliphatic heterocycles. The molecule has 5 rings (SSSR count). The predicted molar refractivity (Wildman–Crippen MR) is 158 cm³/mol. The van der Waals surface area contributed by atoms with Gasteiger partial charge in [0, 0.05) is 25.6 Å². The van der Waals surface area contributed by atoms with Gasteiger partial charge < -0.3 is 9.73 Å². The fraction of sp³-hybridized carbons (Fsp3) is 0.267. The summed E-state index contributed by atoms with van der Waals surface area (Å²) in [6, 6.07) is 19.0. The van der Waals surface area contributed by atoms with E-state index >= 15 is 0 Å². The van der Waals surface area contributed by atoms with Gasteiger partial charge in [0.2, 0.25) is 0 Å². The highest BCUT2D eigenvalue weighted by Crippen LogP contribution is 2.45. The van der Waals surface area contributed by atoms with Crippen LogP contribution in [0.15, 0.2) is 74.5 Å². The molecule has 0 unspecified atom stereocenters. The third-order valence-corrected chi connectivity index (χ3v) is 8.75. The van der Waals surface area contributed by atoms with E-state index in [1.165, 1.54) is 4.88 Å². The van der Waals surface area contributed by atoms with Gasteiger partial charge in [-0.05, 0) is 84.7 Å². The van der Waals surface area contributed by atoms with Crippen LogP contribution in [0.5, 0.6) is 0 Å². The lowest BCUT2D eigenvalue weighted by Crippen LogP contribution is -2.27. The number of nitrogens with one attached hydrogen (secondary N) is 1. The van der Waals surface area contributed by atoms with E-state index in [1.807, 2.05) is 48.5 Å². The predicted octanol–water partition coefficient (Wildman–Crippen LogP) is 9.58. The number of nitrogens with zero attached hydrogens (tertiary/aromatic N) is 1. The molecule has 1 atom stereocenters. The maximum Gasteiger partial charge on any atom is 0.259 e. The molecule has 1 aliphatic rings. The summed E-state index contributed by atoms with van der Waals surface area (Å²) in [5, 5.41) is 4.38. The maximum atomic E-state index is 13.5. The summed E-state index contributed by atoms with van der Waals surface area (Å²) in [4.78, 5) is 19.6. The first kappa shape index (κ1) is 26.0. The molecular formula is C30H28BrClN2O2S. The Kier molecular flexibility index (Phi) is 7.44. The summed E-state index contributed by atoms with van der Waals surface area (Å²) in [6.07, 6.45) is 4.61. The quantitative estimate of drug-likeness (QED) is 0.234. The number of anilines is 1. The number of halogens is 2. The summed E-state index contributed by atoms with van der Waals surface area (Å²) < 4.78 is 7.03. The number of hydrogen-bond donors (Lipinski definition) is 1. The standard InChI is InChI=1S/C30H28BrClN2O2S/c1-30(2,3)19-7-13-24-26(16-19)37-29(27(24)28(35)34-22-10-8-21(32)9-11-22)33-17-23-12-14-25(36-23)18-5-4-6-20(31)15-18/h4-6,8-12,14-15,17,19H,7,13,16H2,1-3H3,(H,34,35)/t19-/m0/s1. The monoisotopic (exact) mass is 594 g/mol. The Bertz CT molecular complexity index is 1460. The van der Waals surface area contributed by atoms with Crippen molar-refractivity contribution in [1.82, 2.24) is 0 Å². The van der Waals surface area contributed by atoms with Crippen LogP contribution in [-0.2, 0) is 12.8 Å². The molecule has 0 bridgehead atoms. The lowest BCUT2D eigenvalue weighted by atomic mass is 9.72. The molecule has 37 heavy (non-hydrogen) atoms. The fourth-order valence-electron chi connectivity index (χ4n) is 4.70. The van der Waals surface area contributed by atoms with E-state index in [1.54, 1.807) is 29.7 Å². The highest BCUT2D eigenvalue weighted by atomic mass is 79.9. The van der Waals surface area contributed by atoms with E-state index in [2.05, 4.69) is 42.0 Å². The molecular weight excluding hydrogens is 568 g/mol. The second-order valence-corrected chi connectivity index (χ2v) is 12.9. The Morgan fingerprint density at radius 2 is 1.95 bits per heavy atom. The molecule has 2 heterocycles. The molecule has 0 radical (unpaired) electrons. The SMILES string of the molecule is CC(C)(C)[C@H]1CCc2c(sc(N=Cc3ccc(-c4cccc(Br)c4)o3)c2C(=O)Nc2ccc(Cl)cc2)C1. The molecule has 2 aromatic heterocycles. The molecule has 1 amide bonds. The first-order valence-electron chi connectivity index (χ1n) is 12.3. The van der Waals surface area contributed by atoms with Gasteiger partial charge in [-0.15, -0.1) is 11.3 Å². The second kappa shape index (κ2) is 10.6. The molecule has 4 nitrogen and oxygen atoms in total. The van der Waals surface area contributed by atoms with Crippen LogP contribution < -0.4 is 5.32 Å². The van der Waals surface area contributed by atoms with E-state index in [4.69, 9.17) is 21.0 Å². The smallest absolute Gasteiger partial charge is 0.259 e. The summed E-state index contributed by atoms with van der Waals surface area (Å²) in [6.45, 7) is 6.88. The third-order valence-electron chi connectivity index (χ3n) is 6.85. The Labute approximate surface area is 234 Å². The Morgan fingerprint density at radius 1 is 1.16 bits per heavy atom. The van der Waals surface area contributed by atoms with Crippen LogP contribution >= 0.6 is 38.9 Å². The van der Waals surface area contributed by atoms with Crippen molar-refractivity contribution in [3.63, 3.8) is 0 Å². The Morgan fingerprint density at radius 3 is 2.68 bits per heavy atom. The first-order chi connectivity index (χ1) is 17.7. The summed E-state index contributed by atoms with van der Waals surface area (Å²) in [5.41, 5.74) is 3.69. The number of thiophene rings is 1. The van der Waals surface area contributed by atoms with Gasteiger partial charge in [0.05, 0.1) is 11.8 Å². The minimum Gasteiger partial charge on any atom is -0.455 e. The van der Waals surface area contributed by atoms with Gasteiger partial charge >= 0.3 is 0 Å². The van der Waals surface area contributed by atoms with Gasteiger partial charge in [0.1, 0.15) is 16.5 Å². The number of rotatable bonds is 5. The van der Waals surface area contributed by atoms with Gasteiger partial charge in [0.15, 0.2) is 0 Å². The second-order valence-electron chi connectivity index (χ2n) is 10.4. The molecule has 0 saturated carbocycles. The average molecular weight is 596 g/mol. The number of amides is 1. The zero-order chi connectivity index (χ0) is 26.2. The van der Waals surface area contributed by atoms with Crippen molar-refractivity contribution < 1.29 is 9.21 Å². The molecule has 190 valence electrons. The lowest BCUT2D eigenvalue weighted by Gasteiger charge is -2.33.